The predicted octanol–water partition coefficient (Wildman–Crippen LogP) is 2.34. The van der Waals surface area contributed by atoms with E-state index in [2.05, 4.69) is 5.10 Å². The van der Waals surface area contributed by atoms with Crippen LogP contribution in [-0.2, 0) is 7.05 Å². The Labute approximate surface area is 110 Å². The Morgan fingerprint density at radius 3 is 2.33 bits per heavy atom. The van der Waals surface area contributed by atoms with Gasteiger partial charge in [-0.1, -0.05) is 11.6 Å². The molecule has 0 unspecified atom stereocenters. The fraction of sp³-hybridized carbons (Fsp3) is 0.250. The van der Waals surface area contributed by atoms with Crippen molar-refractivity contribution in [3.63, 3.8) is 0 Å². The van der Waals surface area contributed by atoms with Gasteiger partial charge in [0.25, 0.3) is 0 Å². The number of hydrogen-bond donors (Lipinski definition) is 1. The fourth-order valence-electron chi connectivity index (χ4n) is 1.73. The van der Waals surface area contributed by atoms with Gasteiger partial charge in [-0.05, 0) is 6.07 Å². The largest absolute Gasteiger partial charge is 0.496 e. The van der Waals surface area contributed by atoms with Gasteiger partial charge in [-0.3, -0.25) is 4.68 Å². The number of ether oxygens (including phenoxy) is 2. The highest BCUT2D eigenvalue weighted by Gasteiger charge is 2.15. The number of rotatable bonds is 3. The van der Waals surface area contributed by atoms with Crippen LogP contribution in [0.5, 0.6) is 11.5 Å². The van der Waals surface area contributed by atoms with Crippen molar-refractivity contribution in [1.29, 1.82) is 0 Å². The van der Waals surface area contributed by atoms with E-state index in [4.69, 9.17) is 26.8 Å². The lowest BCUT2D eigenvalue weighted by Gasteiger charge is -2.11. The molecule has 0 aliphatic rings. The third-order valence-electron chi connectivity index (χ3n) is 2.75. The second-order valence-corrected chi connectivity index (χ2v) is 4.16. The number of nitrogens with two attached hydrogens (primary N) is 1. The van der Waals surface area contributed by atoms with Gasteiger partial charge in [-0.2, -0.15) is 5.10 Å². The van der Waals surface area contributed by atoms with E-state index < -0.39 is 0 Å². The van der Waals surface area contributed by atoms with E-state index in [1.165, 1.54) is 0 Å². The summed E-state index contributed by atoms with van der Waals surface area (Å²) in [7, 11) is 4.91. The summed E-state index contributed by atoms with van der Waals surface area (Å²) >= 11 is 6.12. The summed E-state index contributed by atoms with van der Waals surface area (Å²) in [5.74, 6) is 1.74. The van der Waals surface area contributed by atoms with Crippen LogP contribution in [0.3, 0.4) is 0 Å². The van der Waals surface area contributed by atoms with Gasteiger partial charge in [0.2, 0.25) is 0 Å². The second kappa shape index (κ2) is 4.78. The highest BCUT2D eigenvalue weighted by Crippen LogP contribution is 2.40. The van der Waals surface area contributed by atoms with Gasteiger partial charge in [0.05, 0.1) is 25.4 Å². The SMILES string of the molecule is COc1cc(OC)c(-c2cnn(C)c2N)cc1Cl. The zero-order chi connectivity index (χ0) is 13.3. The molecule has 0 saturated heterocycles. The van der Waals surface area contributed by atoms with Crippen LogP contribution in [0.15, 0.2) is 18.3 Å². The molecule has 5 nitrogen and oxygen atoms in total. The second-order valence-electron chi connectivity index (χ2n) is 3.75. The summed E-state index contributed by atoms with van der Waals surface area (Å²) in [4.78, 5) is 0. The van der Waals surface area contributed by atoms with Gasteiger partial charge in [-0.15, -0.1) is 0 Å². The molecular formula is C12H14ClN3O2. The Morgan fingerprint density at radius 2 is 1.83 bits per heavy atom. The highest BCUT2D eigenvalue weighted by atomic mass is 35.5. The molecule has 2 aromatic rings. The van der Waals surface area contributed by atoms with Crippen LogP contribution in [0.4, 0.5) is 5.82 Å². The summed E-state index contributed by atoms with van der Waals surface area (Å²) < 4.78 is 12.1. The first-order chi connectivity index (χ1) is 8.58. The molecule has 0 aliphatic carbocycles. The van der Waals surface area contributed by atoms with Crippen LogP contribution in [0.1, 0.15) is 0 Å². The normalized spacial score (nSPS) is 10.4. The Hall–Kier alpha value is -1.88. The molecule has 18 heavy (non-hydrogen) atoms. The molecule has 1 heterocycles. The summed E-state index contributed by atoms with van der Waals surface area (Å²) in [5, 5.41) is 4.60. The molecule has 0 radical (unpaired) electrons. The summed E-state index contributed by atoms with van der Waals surface area (Å²) in [5.41, 5.74) is 7.51. The van der Waals surface area contributed by atoms with Crippen molar-refractivity contribution in [1.82, 2.24) is 9.78 Å². The third-order valence-corrected chi connectivity index (χ3v) is 3.04. The van der Waals surface area contributed by atoms with E-state index in [-0.39, 0.29) is 0 Å². The molecule has 0 bridgehead atoms. The average molecular weight is 268 g/mol. The minimum absolute atomic E-state index is 0.497. The summed E-state index contributed by atoms with van der Waals surface area (Å²) in [6.45, 7) is 0. The van der Waals surface area contributed by atoms with Crippen LogP contribution < -0.4 is 15.2 Å². The zero-order valence-corrected chi connectivity index (χ0v) is 11.2. The van der Waals surface area contributed by atoms with Crippen molar-refractivity contribution >= 4 is 17.4 Å². The molecule has 0 atom stereocenters. The topological polar surface area (TPSA) is 62.3 Å². The van der Waals surface area contributed by atoms with Crippen LogP contribution >= 0.6 is 11.6 Å². The number of aromatic nitrogens is 2. The van der Waals surface area contributed by atoms with E-state index in [0.717, 1.165) is 11.1 Å². The predicted molar refractivity (Wildman–Crippen MR) is 71.2 cm³/mol. The lowest BCUT2D eigenvalue weighted by molar-refractivity contribution is 0.395. The summed E-state index contributed by atoms with van der Waals surface area (Å²) in [6.07, 6.45) is 1.68. The monoisotopic (exact) mass is 267 g/mol. The molecule has 96 valence electrons. The first-order valence-corrected chi connectivity index (χ1v) is 5.65. The number of hydrogen-bond acceptors (Lipinski definition) is 4. The van der Waals surface area contributed by atoms with Gasteiger partial charge in [0, 0.05) is 24.2 Å². The Bertz CT molecular complexity index is 581. The van der Waals surface area contributed by atoms with Crippen LogP contribution in [0.25, 0.3) is 11.1 Å². The number of benzene rings is 1. The molecule has 0 aliphatic heterocycles. The lowest BCUT2D eigenvalue weighted by Crippen LogP contribution is -1.99. The molecule has 0 fully saturated rings. The van der Waals surface area contributed by atoms with Crippen molar-refractivity contribution in [3.05, 3.63) is 23.4 Å². The zero-order valence-electron chi connectivity index (χ0n) is 10.4. The number of methoxy groups -OCH3 is 2. The number of halogens is 1. The van der Waals surface area contributed by atoms with Crippen LogP contribution in [-0.4, -0.2) is 24.0 Å². The standard InChI is InChI=1S/C12H14ClN3O2/c1-16-12(14)8(6-15-16)7-4-9(13)11(18-3)5-10(7)17-2/h4-6H,14H2,1-3H3. The van der Waals surface area contributed by atoms with E-state index in [9.17, 15) is 0 Å². The Morgan fingerprint density at radius 1 is 1.17 bits per heavy atom. The fourth-order valence-corrected chi connectivity index (χ4v) is 1.97. The van der Waals surface area contributed by atoms with Crippen LogP contribution in [0, 0.1) is 0 Å². The smallest absolute Gasteiger partial charge is 0.141 e. The van der Waals surface area contributed by atoms with Crippen LogP contribution in [0.2, 0.25) is 5.02 Å². The number of aryl methyl sites for hydroxylation is 1. The first-order valence-electron chi connectivity index (χ1n) is 5.27. The van der Waals surface area contributed by atoms with E-state index in [0.29, 0.717) is 22.3 Å². The van der Waals surface area contributed by atoms with Crippen molar-refractivity contribution in [2.75, 3.05) is 20.0 Å². The number of anilines is 1. The summed E-state index contributed by atoms with van der Waals surface area (Å²) in [6, 6.07) is 3.48. The molecule has 0 spiro atoms. The maximum Gasteiger partial charge on any atom is 0.141 e. The maximum absolute atomic E-state index is 6.12. The number of nitrogens with zero attached hydrogens (tertiary/aromatic N) is 2. The Balaban J connectivity index is 2.63. The Kier molecular flexibility index (Phi) is 3.34. The number of nitrogen functional groups attached to an aromatic ring is 1. The maximum atomic E-state index is 6.12. The van der Waals surface area contributed by atoms with Crippen molar-refractivity contribution in [2.45, 2.75) is 0 Å². The molecule has 6 heteroatoms. The van der Waals surface area contributed by atoms with E-state index in [1.807, 2.05) is 0 Å². The minimum Gasteiger partial charge on any atom is -0.496 e. The first kappa shape index (κ1) is 12.6. The third kappa shape index (κ3) is 1.97. The molecule has 1 aromatic carbocycles. The molecule has 0 amide bonds. The van der Waals surface area contributed by atoms with Crippen molar-refractivity contribution in [3.8, 4) is 22.6 Å². The highest BCUT2D eigenvalue weighted by molar-refractivity contribution is 6.32. The van der Waals surface area contributed by atoms with Crippen molar-refractivity contribution in [2.24, 2.45) is 7.05 Å². The van der Waals surface area contributed by atoms with Gasteiger partial charge in [0.15, 0.2) is 0 Å². The molecular weight excluding hydrogens is 254 g/mol. The molecule has 2 rings (SSSR count). The van der Waals surface area contributed by atoms with Gasteiger partial charge < -0.3 is 15.2 Å². The van der Waals surface area contributed by atoms with E-state index >= 15 is 0 Å². The van der Waals surface area contributed by atoms with Gasteiger partial charge >= 0.3 is 0 Å². The lowest BCUT2D eigenvalue weighted by atomic mass is 10.1. The van der Waals surface area contributed by atoms with Gasteiger partial charge in [-0.25, -0.2) is 0 Å². The van der Waals surface area contributed by atoms with E-state index in [1.54, 1.807) is 44.3 Å². The molecule has 2 N–H and O–H groups in total. The molecule has 0 saturated carbocycles. The van der Waals surface area contributed by atoms with Crippen molar-refractivity contribution < 1.29 is 9.47 Å². The minimum atomic E-state index is 0.497. The quantitative estimate of drug-likeness (QED) is 0.927. The average Bonchev–Trinajstić information content (AvgIpc) is 2.70. The van der Waals surface area contributed by atoms with Gasteiger partial charge in [0.1, 0.15) is 17.3 Å². The molecule has 1 aromatic heterocycles.